The number of carbonyl (C=O) groups is 2. The van der Waals surface area contributed by atoms with E-state index in [9.17, 15) is 9.59 Å². The van der Waals surface area contributed by atoms with Gasteiger partial charge in [-0.25, -0.2) is 0 Å². The Labute approximate surface area is 143 Å². The largest absolute Gasteiger partial charge is 0.481 e. The highest BCUT2D eigenvalue weighted by molar-refractivity contribution is 5.66. The summed E-state index contributed by atoms with van der Waals surface area (Å²) in [6, 6.07) is 0. The summed E-state index contributed by atoms with van der Waals surface area (Å²) >= 11 is 0. The first-order valence-corrected chi connectivity index (χ1v) is 8.89. The lowest BCUT2D eigenvalue weighted by molar-refractivity contribution is -0.137. The summed E-state index contributed by atoms with van der Waals surface area (Å²) < 4.78 is 0. The topological polar surface area (TPSA) is 110 Å². The average Bonchev–Trinajstić information content (AvgIpc) is 2.51. The Morgan fingerprint density at radius 1 is 0.565 bits per heavy atom. The second-order valence-electron chi connectivity index (χ2n) is 5.32. The molecular weight excluding hydrogens is 294 g/mol. The molecule has 0 unspecified atom stereocenters. The Morgan fingerprint density at radius 2 is 0.739 bits per heavy atom. The van der Waals surface area contributed by atoms with Gasteiger partial charge in [0, 0.05) is 12.8 Å². The zero-order chi connectivity index (χ0) is 17.6. The van der Waals surface area contributed by atoms with Gasteiger partial charge in [-0.05, 0) is 0 Å². The van der Waals surface area contributed by atoms with E-state index in [4.69, 9.17) is 10.2 Å². The monoisotopic (exact) mass is 335 g/mol. The lowest BCUT2D eigenvalue weighted by Gasteiger charge is -1.99. The lowest BCUT2D eigenvalue weighted by atomic mass is 10.1. The molecule has 0 spiro atoms. The van der Waals surface area contributed by atoms with Gasteiger partial charge in [0.15, 0.2) is 0 Å². The van der Waals surface area contributed by atoms with E-state index in [-0.39, 0.29) is 19.0 Å². The number of hydrogen-bond acceptors (Lipinski definition) is 3. The maximum Gasteiger partial charge on any atom is 0.303 e. The molecule has 142 valence electrons. The van der Waals surface area contributed by atoms with Gasteiger partial charge in [-0.1, -0.05) is 91.9 Å². The Morgan fingerprint density at radius 3 is 0.870 bits per heavy atom. The molecule has 0 aromatic heterocycles. The van der Waals surface area contributed by atoms with E-state index in [0.29, 0.717) is 0 Å². The van der Waals surface area contributed by atoms with Crippen molar-refractivity contribution in [2.45, 2.75) is 105 Å². The van der Waals surface area contributed by atoms with Gasteiger partial charge >= 0.3 is 11.9 Å². The summed E-state index contributed by atoms with van der Waals surface area (Å²) in [5.41, 5.74) is 0. The highest BCUT2D eigenvalue weighted by Crippen LogP contribution is 2.09. The summed E-state index contributed by atoms with van der Waals surface area (Å²) in [7, 11) is 0. The standard InChI is InChI=1S/C12H26.2C3H6O2.H3N/c1-3-5-7-9-11-12-10-8-6-4-2;2*1-2-3(4)5;/h3-12H2,1-2H3;2*2H2,1H3,(H,4,5);1H3. The zero-order valence-electron chi connectivity index (χ0n) is 15.9. The van der Waals surface area contributed by atoms with Crippen molar-refractivity contribution in [3.05, 3.63) is 0 Å². The van der Waals surface area contributed by atoms with Crippen molar-refractivity contribution in [2.75, 3.05) is 0 Å². The van der Waals surface area contributed by atoms with Gasteiger partial charge in [-0.15, -0.1) is 0 Å². The van der Waals surface area contributed by atoms with E-state index in [2.05, 4.69) is 13.8 Å². The maximum atomic E-state index is 9.37. The molecule has 0 aliphatic rings. The lowest BCUT2D eigenvalue weighted by Crippen LogP contribution is -1.86. The van der Waals surface area contributed by atoms with Crippen LogP contribution in [0.1, 0.15) is 105 Å². The summed E-state index contributed by atoms with van der Waals surface area (Å²) in [5, 5.41) is 15.4. The van der Waals surface area contributed by atoms with Crippen molar-refractivity contribution >= 4 is 11.9 Å². The smallest absolute Gasteiger partial charge is 0.303 e. The zero-order valence-corrected chi connectivity index (χ0v) is 15.9. The molecule has 0 saturated heterocycles. The van der Waals surface area contributed by atoms with E-state index < -0.39 is 11.9 Å². The van der Waals surface area contributed by atoms with Gasteiger partial charge in [0.1, 0.15) is 0 Å². The molecule has 0 bridgehead atoms. The third-order valence-electron chi connectivity index (χ3n) is 3.06. The van der Waals surface area contributed by atoms with Crippen molar-refractivity contribution in [1.82, 2.24) is 6.15 Å². The van der Waals surface area contributed by atoms with E-state index >= 15 is 0 Å². The van der Waals surface area contributed by atoms with Crippen LogP contribution in [0.4, 0.5) is 0 Å². The van der Waals surface area contributed by atoms with Gasteiger partial charge in [0.25, 0.3) is 0 Å². The highest BCUT2D eigenvalue weighted by Gasteiger charge is 1.90. The first kappa shape index (κ1) is 29.9. The van der Waals surface area contributed by atoms with Gasteiger partial charge in [0.05, 0.1) is 0 Å². The van der Waals surface area contributed by atoms with E-state index in [1.807, 2.05) is 0 Å². The molecule has 0 saturated carbocycles. The van der Waals surface area contributed by atoms with Crippen LogP contribution in [-0.4, -0.2) is 22.2 Å². The molecule has 5 nitrogen and oxygen atoms in total. The number of carboxylic acid groups (broad SMARTS) is 2. The number of rotatable bonds is 11. The maximum absolute atomic E-state index is 9.37. The fourth-order valence-corrected chi connectivity index (χ4v) is 1.56. The van der Waals surface area contributed by atoms with Crippen LogP contribution in [0.5, 0.6) is 0 Å². The molecule has 5 heteroatoms. The summed E-state index contributed by atoms with van der Waals surface area (Å²) in [5.74, 6) is -1.49. The van der Waals surface area contributed by atoms with E-state index in [0.717, 1.165) is 0 Å². The molecule has 0 aliphatic carbocycles. The summed E-state index contributed by atoms with van der Waals surface area (Å²) in [6.45, 7) is 7.76. The first-order valence-electron chi connectivity index (χ1n) is 8.89. The molecule has 0 rings (SSSR count). The van der Waals surface area contributed by atoms with Gasteiger partial charge in [-0.3, -0.25) is 9.59 Å². The molecule has 0 atom stereocenters. The van der Waals surface area contributed by atoms with Crippen LogP contribution >= 0.6 is 0 Å². The number of unbranched alkanes of at least 4 members (excludes halogenated alkanes) is 9. The van der Waals surface area contributed by atoms with Gasteiger partial charge in [0.2, 0.25) is 0 Å². The van der Waals surface area contributed by atoms with Crippen molar-refractivity contribution in [1.29, 1.82) is 0 Å². The molecule has 0 radical (unpaired) electrons. The fraction of sp³-hybridized carbons (Fsp3) is 0.889. The SMILES string of the molecule is CCC(=O)O.CCC(=O)O.CCCCCCCCCCCC.N. The van der Waals surface area contributed by atoms with Crippen molar-refractivity contribution in [2.24, 2.45) is 0 Å². The molecule has 0 fully saturated rings. The van der Waals surface area contributed by atoms with Crippen LogP contribution in [0.2, 0.25) is 0 Å². The molecule has 0 heterocycles. The van der Waals surface area contributed by atoms with Crippen molar-refractivity contribution < 1.29 is 19.8 Å². The van der Waals surface area contributed by atoms with Gasteiger partial charge < -0.3 is 16.4 Å². The summed E-state index contributed by atoms with van der Waals surface area (Å²) in [4.78, 5) is 18.7. The van der Waals surface area contributed by atoms with Crippen molar-refractivity contribution in [3.63, 3.8) is 0 Å². The van der Waals surface area contributed by atoms with E-state index in [1.165, 1.54) is 64.2 Å². The average molecular weight is 336 g/mol. The predicted octanol–water partition coefficient (Wildman–Crippen LogP) is 6.05. The fourth-order valence-electron chi connectivity index (χ4n) is 1.56. The van der Waals surface area contributed by atoms with Crippen molar-refractivity contribution in [3.8, 4) is 0 Å². The quantitative estimate of drug-likeness (QED) is 0.398. The molecular formula is C18H41NO4. The summed E-state index contributed by atoms with van der Waals surface area (Å²) in [6.07, 6.45) is 14.9. The predicted molar refractivity (Wildman–Crippen MR) is 98.4 cm³/mol. The minimum absolute atomic E-state index is 0. The Kier molecular flexibility index (Phi) is 37.6. The minimum atomic E-state index is -0.745. The number of hydrogen-bond donors (Lipinski definition) is 3. The molecule has 0 aromatic rings. The third kappa shape index (κ3) is 52.7. The van der Waals surface area contributed by atoms with Crippen LogP contribution in [0.15, 0.2) is 0 Å². The minimum Gasteiger partial charge on any atom is -0.481 e. The third-order valence-corrected chi connectivity index (χ3v) is 3.06. The van der Waals surface area contributed by atoms with Crippen LogP contribution < -0.4 is 6.15 Å². The number of aliphatic carboxylic acids is 2. The second kappa shape index (κ2) is 29.0. The first-order chi connectivity index (χ1) is 10.5. The Bertz CT molecular complexity index is 209. The number of carboxylic acids is 2. The van der Waals surface area contributed by atoms with Crippen LogP contribution in [0.3, 0.4) is 0 Å². The molecule has 0 aliphatic heterocycles. The van der Waals surface area contributed by atoms with Crippen LogP contribution in [0.25, 0.3) is 0 Å². The van der Waals surface area contributed by atoms with Crippen LogP contribution in [0, 0.1) is 0 Å². The molecule has 0 aromatic carbocycles. The van der Waals surface area contributed by atoms with E-state index in [1.54, 1.807) is 13.8 Å². The Balaban J connectivity index is -0.000000137. The molecule has 5 N–H and O–H groups in total. The Hall–Kier alpha value is -1.10. The highest BCUT2D eigenvalue weighted by atomic mass is 16.4. The molecule has 23 heavy (non-hydrogen) atoms. The second-order valence-corrected chi connectivity index (χ2v) is 5.32. The van der Waals surface area contributed by atoms with Crippen LogP contribution in [-0.2, 0) is 9.59 Å². The van der Waals surface area contributed by atoms with Gasteiger partial charge in [-0.2, -0.15) is 0 Å². The normalized spacial score (nSPS) is 8.70. The molecule has 0 amide bonds.